The number of carbonyl (C=O) groups is 2. The molecule has 8 heteroatoms. The normalized spacial score (nSPS) is 12.2. The SMILES string of the molecule is C[C@H](NC(=O)c1cc(NC(=O)OC(C)(C)C)ncn1)c1ccc(F)cc1. The molecule has 0 saturated heterocycles. The monoisotopic (exact) mass is 360 g/mol. The van der Waals surface area contributed by atoms with Gasteiger partial charge in [0.2, 0.25) is 0 Å². The summed E-state index contributed by atoms with van der Waals surface area (Å²) >= 11 is 0. The number of amides is 2. The first kappa shape index (κ1) is 19.3. The molecule has 1 atom stereocenters. The van der Waals surface area contributed by atoms with E-state index in [1.807, 2.05) is 0 Å². The molecule has 0 unspecified atom stereocenters. The lowest BCUT2D eigenvalue weighted by molar-refractivity contribution is 0.0634. The molecule has 1 heterocycles. The quantitative estimate of drug-likeness (QED) is 0.871. The number of hydrogen-bond donors (Lipinski definition) is 2. The number of anilines is 1. The number of benzene rings is 1. The Morgan fingerprint density at radius 1 is 1.15 bits per heavy atom. The van der Waals surface area contributed by atoms with Crippen molar-refractivity contribution >= 4 is 17.8 Å². The van der Waals surface area contributed by atoms with Crippen LogP contribution in [0.15, 0.2) is 36.7 Å². The van der Waals surface area contributed by atoms with Crippen molar-refractivity contribution in [3.8, 4) is 0 Å². The van der Waals surface area contributed by atoms with E-state index < -0.39 is 17.6 Å². The number of hydrogen-bond acceptors (Lipinski definition) is 5. The minimum absolute atomic E-state index is 0.0834. The van der Waals surface area contributed by atoms with Crippen LogP contribution in [0.3, 0.4) is 0 Å². The highest BCUT2D eigenvalue weighted by molar-refractivity contribution is 5.94. The van der Waals surface area contributed by atoms with E-state index in [2.05, 4.69) is 20.6 Å². The molecule has 0 aliphatic heterocycles. The van der Waals surface area contributed by atoms with Crippen molar-refractivity contribution in [3.63, 3.8) is 0 Å². The largest absolute Gasteiger partial charge is 0.444 e. The molecule has 138 valence electrons. The molecule has 0 fully saturated rings. The van der Waals surface area contributed by atoms with E-state index in [9.17, 15) is 14.0 Å². The van der Waals surface area contributed by atoms with Crippen LogP contribution in [0, 0.1) is 5.82 Å². The van der Waals surface area contributed by atoms with Crippen molar-refractivity contribution in [1.82, 2.24) is 15.3 Å². The van der Waals surface area contributed by atoms with E-state index in [-0.39, 0.29) is 23.4 Å². The molecule has 2 amide bonds. The summed E-state index contributed by atoms with van der Waals surface area (Å²) in [6.07, 6.45) is 0.492. The third-order valence-corrected chi connectivity index (χ3v) is 3.25. The average molecular weight is 360 g/mol. The Morgan fingerprint density at radius 2 is 1.81 bits per heavy atom. The molecular weight excluding hydrogens is 339 g/mol. The zero-order valence-corrected chi connectivity index (χ0v) is 15.0. The molecule has 0 aliphatic carbocycles. The maximum absolute atomic E-state index is 13.0. The summed E-state index contributed by atoms with van der Waals surface area (Å²) in [5, 5.41) is 5.21. The molecule has 0 radical (unpaired) electrons. The van der Waals surface area contributed by atoms with Crippen molar-refractivity contribution in [2.75, 3.05) is 5.32 Å². The van der Waals surface area contributed by atoms with Gasteiger partial charge in [-0.1, -0.05) is 12.1 Å². The zero-order chi connectivity index (χ0) is 19.3. The molecule has 26 heavy (non-hydrogen) atoms. The number of halogens is 1. The summed E-state index contributed by atoms with van der Waals surface area (Å²) in [4.78, 5) is 31.9. The van der Waals surface area contributed by atoms with Crippen LogP contribution in [0.25, 0.3) is 0 Å². The Kier molecular flexibility index (Phi) is 5.86. The lowest BCUT2D eigenvalue weighted by Crippen LogP contribution is -2.29. The Hall–Kier alpha value is -3.03. The van der Waals surface area contributed by atoms with Gasteiger partial charge in [0.1, 0.15) is 29.3 Å². The zero-order valence-electron chi connectivity index (χ0n) is 15.0. The van der Waals surface area contributed by atoms with Gasteiger partial charge in [-0.25, -0.2) is 19.2 Å². The van der Waals surface area contributed by atoms with E-state index in [1.165, 1.54) is 24.5 Å². The maximum atomic E-state index is 13.0. The van der Waals surface area contributed by atoms with Gasteiger partial charge >= 0.3 is 6.09 Å². The molecule has 1 aromatic heterocycles. The number of aromatic nitrogens is 2. The first-order valence-corrected chi connectivity index (χ1v) is 8.02. The van der Waals surface area contributed by atoms with Gasteiger partial charge in [-0.05, 0) is 45.4 Å². The minimum Gasteiger partial charge on any atom is -0.444 e. The Labute approximate surface area is 151 Å². The van der Waals surface area contributed by atoms with Crippen molar-refractivity contribution in [2.45, 2.75) is 39.3 Å². The Bertz CT molecular complexity index is 788. The van der Waals surface area contributed by atoms with E-state index >= 15 is 0 Å². The van der Waals surface area contributed by atoms with Crippen LogP contribution in [0.1, 0.15) is 49.8 Å². The highest BCUT2D eigenvalue weighted by Crippen LogP contribution is 2.14. The number of rotatable bonds is 4. The van der Waals surface area contributed by atoms with Crippen LogP contribution in [0.5, 0.6) is 0 Å². The second-order valence-electron chi connectivity index (χ2n) is 6.66. The lowest BCUT2D eigenvalue weighted by Gasteiger charge is -2.19. The summed E-state index contributed by atoms with van der Waals surface area (Å²) in [5.41, 5.74) is 0.183. The van der Waals surface area contributed by atoms with Gasteiger partial charge in [0.05, 0.1) is 6.04 Å². The molecule has 0 bridgehead atoms. The van der Waals surface area contributed by atoms with Crippen molar-refractivity contribution < 1.29 is 18.7 Å². The first-order valence-electron chi connectivity index (χ1n) is 8.02. The Balaban J connectivity index is 2.03. The minimum atomic E-state index is -0.678. The summed E-state index contributed by atoms with van der Waals surface area (Å²) in [6, 6.07) is 6.83. The molecule has 2 aromatic rings. The van der Waals surface area contributed by atoms with Crippen molar-refractivity contribution in [2.24, 2.45) is 0 Å². The van der Waals surface area contributed by atoms with Crippen LogP contribution in [0.2, 0.25) is 0 Å². The van der Waals surface area contributed by atoms with Gasteiger partial charge in [0.25, 0.3) is 5.91 Å². The average Bonchev–Trinajstić information content (AvgIpc) is 2.53. The predicted octanol–water partition coefficient (Wildman–Crippen LogP) is 3.45. The number of nitrogens with one attached hydrogen (secondary N) is 2. The molecular formula is C18H21FN4O3. The molecule has 1 aromatic carbocycles. The van der Waals surface area contributed by atoms with E-state index in [1.54, 1.807) is 39.8 Å². The number of ether oxygens (including phenoxy) is 1. The van der Waals surface area contributed by atoms with Crippen LogP contribution < -0.4 is 10.6 Å². The first-order chi connectivity index (χ1) is 12.1. The standard InChI is InChI=1S/C18H21FN4O3/c1-11(12-5-7-13(19)8-6-12)22-16(24)14-9-15(21-10-20-14)23-17(25)26-18(2,3)4/h5-11H,1-4H3,(H,22,24)(H,20,21,23,25)/t11-/m0/s1. The fourth-order valence-corrected chi connectivity index (χ4v) is 2.06. The van der Waals surface area contributed by atoms with Gasteiger partial charge in [0, 0.05) is 6.07 Å². The van der Waals surface area contributed by atoms with Crippen LogP contribution >= 0.6 is 0 Å². The van der Waals surface area contributed by atoms with Gasteiger partial charge < -0.3 is 10.1 Å². The molecule has 0 spiro atoms. The van der Waals surface area contributed by atoms with Crippen molar-refractivity contribution in [1.29, 1.82) is 0 Å². The summed E-state index contributed by atoms with van der Waals surface area (Å²) in [7, 11) is 0. The van der Waals surface area contributed by atoms with Gasteiger partial charge in [-0.3, -0.25) is 10.1 Å². The molecule has 2 N–H and O–H groups in total. The summed E-state index contributed by atoms with van der Waals surface area (Å²) < 4.78 is 18.1. The lowest BCUT2D eigenvalue weighted by atomic mass is 10.1. The second kappa shape index (κ2) is 7.90. The molecule has 2 rings (SSSR count). The van der Waals surface area contributed by atoms with Crippen LogP contribution in [0.4, 0.5) is 15.0 Å². The summed E-state index contributed by atoms with van der Waals surface area (Å²) in [6.45, 7) is 6.99. The van der Waals surface area contributed by atoms with E-state index in [0.717, 1.165) is 5.56 Å². The molecule has 0 aliphatic rings. The smallest absolute Gasteiger partial charge is 0.413 e. The van der Waals surface area contributed by atoms with Gasteiger partial charge in [-0.2, -0.15) is 0 Å². The van der Waals surface area contributed by atoms with Crippen LogP contribution in [-0.4, -0.2) is 27.6 Å². The third kappa shape index (κ3) is 5.80. The maximum Gasteiger partial charge on any atom is 0.413 e. The highest BCUT2D eigenvalue weighted by atomic mass is 19.1. The third-order valence-electron chi connectivity index (χ3n) is 3.25. The van der Waals surface area contributed by atoms with Gasteiger partial charge in [-0.15, -0.1) is 0 Å². The second-order valence-corrected chi connectivity index (χ2v) is 6.66. The molecule has 7 nitrogen and oxygen atoms in total. The van der Waals surface area contributed by atoms with E-state index in [4.69, 9.17) is 4.74 Å². The van der Waals surface area contributed by atoms with E-state index in [0.29, 0.717) is 0 Å². The topological polar surface area (TPSA) is 93.2 Å². The highest BCUT2D eigenvalue weighted by Gasteiger charge is 2.18. The predicted molar refractivity (Wildman–Crippen MR) is 94.2 cm³/mol. The van der Waals surface area contributed by atoms with Gasteiger partial charge in [0.15, 0.2) is 0 Å². The number of nitrogens with zero attached hydrogens (tertiary/aromatic N) is 2. The van der Waals surface area contributed by atoms with Crippen LogP contribution in [-0.2, 0) is 4.74 Å². The fraction of sp³-hybridized carbons (Fsp3) is 0.333. The summed E-state index contributed by atoms with van der Waals surface area (Å²) in [5.74, 6) is -0.647. The Morgan fingerprint density at radius 3 is 2.42 bits per heavy atom. The fourth-order valence-electron chi connectivity index (χ4n) is 2.06. The number of carbonyl (C=O) groups excluding carboxylic acids is 2. The molecule has 0 saturated carbocycles. The van der Waals surface area contributed by atoms with Crippen molar-refractivity contribution in [3.05, 3.63) is 53.7 Å².